The van der Waals surface area contributed by atoms with E-state index in [1.54, 1.807) is 13.0 Å². The lowest BCUT2D eigenvalue weighted by molar-refractivity contribution is 0.0597. The van der Waals surface area contributed by atoms with Crippen molar-refractivity contribution in [1.82, 2.24) is 0 Å². The van der Waals surface area contributed by atoms with Crippen LogP contribution < -0.4 is 9.46 Å². The van der Waals surface area contributed by atoms with Gasteiger partial charge in [-0.15, -0.1) is 0 Å². The normalized spacial score (nSPS) is 10.9. The van der Waals surface area contributed by atoms with Crippen LogP contribution in [-0.4, -0.2) is 28.1 Å². The maximum Gasteiger partial charge on any atom is 0.343 e. The summed E-state index contributed by atoms with van der Waals surface area (Å²) in [6, 6.07) is 7.28. The molecule has 0 aliphatic carbocycles. The first-order valence-corrected chi connectivity index (χ1v) is 9.11. The number of hydrogen-bond donors (Lipinski definition) is 1. The molecule has 2 aromatic rings. The van der Waals surface area contributed by atoms with Crippen molar-refractivity contribution in [3.05, 3.63) is 59.9 Å². The predicted octanol–water partition coefficient (Wildman–Crippen LogP) is 3.45. The maximum atomic E-state index is 13.0. The zero-order chi connectivity index (χ0) is 19.3. The second-order valence-corrected chi connectivity index (χ2v) is 6.78. The predicted molar refractivity (Wildman–Crippen MR) is 96.3 cm³/mol. The van der Waals surface area contributed by atoms with E-state index in [4.69, 9.17) is 9.47 Å². The SMILES string of the molecule is C=Cc1ccc(NS(=O)(=O)c2ccc(F)cc2)c(C(=O)OC)c1OCC. The molecule has 0 fully saturated rings. The highest BCUT2D eigenvalue weighted by molar-refractivity contribution is 7.92. The first-order valence-electron chi connectivity index (χ1n) is 7.63. The molecule has 6 nitrogen and oxygen atoms in total. The largest absolute Gasteiger partial charge is 0.492 e. The smallest absolute Gasteiger partial charge is 0.343 e. The third-order valence-electron chi connectivity index (χ3n) is 3.45. The molecule has 0 bridgehead atoms. The van der Waals surface area contributed by atoms with Crippen molar-refractivity contribution in [3.8, 4) is 5.75 Å². The van der Waals surface area contributed by atoms with Crippen molar-refractivity contribution in [2.75, 3.05) is 18.4 Å². The fourth-order valence-electron chi connectivity index (χ4n) is 2.27. The number of carbonyl (C=O) groups excluding carboxylic acids is 1. The molecule has 0 aliphatic heterocycles. The molecule has 0 saturated carbocycles. The van der Waals surface area contributed by atoms with E-state index in [9.17, 15) is 17.6 Å². The average Bonchev–Trinajstić information content (AvgIpc) is 2.62. The highest BCUT2D eigenvalue weighted by atomic mass is 32.2. The molecule has 0 saturated heterocycles. The Morgan fingerprint density at radius 3 is 2.42 bits per heavy atom. The van der Waals surface area contributed by atoms with Gasteiger partial charge in [-0.25, -0.2) is 17.6 Å². The monoisotopic (exact) mass is 379 g/mol. The minimum Gasteiger partial charge on any atom is -0.492 e. The van der Waals surface area contributed by atoms with Gasteiger partial charge < -0.3 is 9.47 Å². The van der Waals surface area contributed by atoms with Gasteiger partial charge in [0.1, 0.15) is 17.1 Å². The molecular formula is C18H18FNO5S. The summed E-state index contributed by atoms with van der Waals surface area (Å²) in [4.78, 5) is 12.1. The first-order chi connectivity index (χ1) is 12.3. The number of anilines is 1. The van der Waals surface area contributed by atoms with Crippen molar-refractivity contribution < 1.29 is 27.1 Å². The minimum absolute atomic E-state index is 0.0183. The summed E-state index contributed by atoms with van der Waals surface area (Å²) in [5.74, 6) is -1.17. The number of esters is 1. The number of hydrogen-bond acceptors (Lipinski definition) is 5. The van der Waals surface area contributed by atoms with E-state index in [1.165, 1.54) is 19.3 Å². The average molecular weight is 379 g/mol. The number of halogens is 1. The van der Waals surface area contributed by atoms with Crippen molar-refractivity contribution >= 4 is 27.8 Å². The molecule has 0 radical (unpaired) electrons. The second-order valence-electron chi connectivity index (χ2n) is 5.09. The third-order valence-corrected chi connectivity index (χ3v) is 4.84. The Balaban J connectivity index is 2.58. The van der Waals surface area contributed by atoms with Crippen LogP contribution in [0.1, 0.15) is 22.8 Å². The van der Waals surface area contributed by atoms with E-state index in [-0.39, 0.29) is 28.5 Å². The number of carbonyl (C=O) groups is 1. The Labute approximate surface area is 151 Å². The number of rotatable bonds is 7. The van der Waals surface area contributed by atoms with Gasteiger partial charge in [-0.05, 0) is 43.3 Å². The molecule has 0 aromatic heterocycles. The van der Waals surface area contributed by atoms with E-state index < -0.39 is 21.8 Å². The molecule has 138 valence electrons. The minimum atomic E-state index is -4.05. The summed E-state index contributed by atoms with van der Waals surface area (Å²) in [5.41, 5.74) is 0.421. The van der Waals surface area contributed by atoms with Gasteiger partial charge >= 0.3 is 5.97 Å². The lowest BCUT2D eigenvalue weighted by Gasteiger charge is -2.17. The van der Waals surface area contributed by atoms with Gasteiger partial charge in [0.25, 0.3) is 10.0 Å². The van der Waals surface area contributed by atoms with Crippen LogP contribution in [0, 0.1) is 5.82 Å². The third kappa shape index (κ3) is 4.02. The van der Waals surface area contributed by atoms with E-state index in [2.05, 4.69) is 11.3 Å². The van der Waals surface area contributed by atoms with E-state index >= 15 is 0 Å². The molecule has 0 heterocycles. The van der Waals surface area contributed by atoms with Crippen molar-refractivity contribution in [2.24, 2.45) is 0 Å². The molecule has 2 rings (SSSR count). The van der Waals surface area contributed by atoms with Crippen LogP contribution in [-0.2, 0) is 14.8 Å². The quantitative estimate of drug-likeness (QED) is 0.745. The van der Waals surface area contributed by atoms with Crippen molar-refractivity contribution in [1.29, 1.82) is 0 Å². The summed E-state index contributed by atoms with van der Waals surface area (Å²) in [5, 5.41) is 0. The Morgan fingerprint density at radius 2 is 1.88 bits per heavy atom. The maximum absolute atomic E-state index is 13.0. The second kappa shape index (κ2) is 8.01. The Morgan fingerprint density at radius 1 is 1.23 bits per heavy atom. The number of methoxy groups -OCH3 is 1. The molecule has 0 spiro atoms. The Hall–Kier alpha value is -2.87. The number of nitrogens with one attached hydrogen (secondary N) is 1. The lowest BCUT2D eigenvalue weighted by Crippen LogP contribution is -2.17. The fourth-order valence-corrected chi connectivity index (χ4v) is 3.34. The molecule has 8 heteroatoms. The van der Waals surface area contributed by atoms with Gasteiger partial charge in [-0.2, -0.15) is 0 Å². The number of sulfonamides is 1. The van der Waals surface area contributed by atoms with Gasteiger partial charge in [0.05, 0.1) is 24.3 Å². The van der Waals surface area contributed by atoms with Crippen LogP contribution in [0.4, 0.5) is 10.1 Å². The molecule has 0 amide bonds. The van der Waals surface area contributed by atoms with Gasteiger partial charge in [-0.3, -0.25) is 4.72 Å². The van der Waals surface area contributed by atoms with Gasteiger partial charge in [0.2, 0.25) is 0 Å². The summed E-state index contributed by atoms with van der Waals surface area (Å²) in [6.45, 7) is 5.63. The number of ether oxygens (including phenoxy) is 2. The van der Waals surface area contributed by atoms with Crippen LogP contribution >= 0.6 is 0 Å². The molecule has 0 unspecified atom stereocenters. The molecular weight excluding hydrogens is 361 g/mol. The molecule has 1 N–H and O–H groups in total. The highest BCUT2D eigenvalue weighted by Crippen LogP contribution is 2.33. The Kier molecular flexibility index (Phi) is 5.99. The summed E-state index contributed by atoms with van der Waals surface area (Å²) < 4.78 is 50.7. The molecule has 26 heavy (non-hydrogen) atoms. The summed E-state index contributed by atoms with van der Waals surface area (Å²) in [7, 11) is -2.87. The standard InChI is InChI=1S/C18H18FNO5S/c1-4-12-6-11-15(16(18(21)24-3)17(12)25-5-2)20-26(22,23)14-9-7-13(19)8-10-14/h4,6-11,20H,1,5H2,2-3H3. The van der Waals surface area contributed by atoms with Crippen molar-refractivity contribution in [3.63, 3.8) is 0 Å². The first kappa shape index (κ1) is 19.5. The van der Waals surface area contributed by atoms with E-state index in [1.807, 2.05) is 0 Å². The zero-order valence-electron chi connectivity index (χ0n) is 14.3. The van der Waals surface area contributed by atoms with Crippen molar-refractivity contribution in [2.45, 2.75) is 11.8 Å². The Bertz CT molecular complexity index is 923. The van der Waals surface area contributed by atoms with Crippen LogP contribution in [0.25, 0.3) is 6.08 Å². The topological polar surface area (TPSA) is 81.7 Å². The van der Waals surface area contributed by atoms with Crippen LogP contribution in [0.15, 0.2) is 47.9 Å². The van der Waals surface area contributed by atoms with E-state index in [0.29, 0.717) is 5.56 Å². The molecule has 2 aromatic carbocycles. The summed E-state index contributed by atoms with van der Waals surface area (Å²) in [6.07, 6.45) is 1.48. The van der Waals surface area contributed by atoms with Gasteiger partial charge in [0, 0.05) is 5.56 Å². The van der Waals surface area contributed by atoms with Gasteiger partial charge in [0.15, 0.2) is 0 Å². The molecule has 0 atom stereocenters. The summed E-state index contributed by atoms with van der Waals surface area (Å²) >= 11 is 0. The fraction of sp³-hybridized carbons (Fsp3) is 0.167. The highest BCUT2D eigenvalue weighted by Gasteiger charge is 2.24. The lowest BCUT2D eigenvalue weighted by atomic mass is 10.1. The van der Waals surface area contributed by atoms with Crippen LogP contribution in [0.2, 0.25) is 0 Å². The molecule has 0 aliphatic rings. The van der Waals surface area contributed by atoms with Crippen LogP contribution in [0.5, 0.6) is 5.75 Å². The van der Waals surface area contributed by atoms with Gasteiger partial charge in [-0.1, -0.05) is 12.7 Å². The van der Waals surface area contributed by atoms with E-state index in [0.717, 1.165) is 24.3 Å². The number of benzene rings is 2. The zero-order valence-corrected chi connectivity index (χ0v) is 15.1. The van der Waals surface area contributed by atoms with Crippen LogP contribution in [0.3, 0.4) is 0 Å².